The SMILES string of the molecule is Cc1c(C(=O)Nc2ccc(Oc3cc[n+](N)cc3)cc2Cl)c(=O)n(-c2ccccc2)n1C. The van der Waals surface area contributed by atoms with E-state index in [0.29, 0.717) is 28.6 Å². The molecule has 0 saturated carbocycles. The van der Waals surface area contributed by atoms with E-state index in [1.807, 2.05) is 18.2 Å². The Morgan fingerprint density at radius 1 is 1.06 bits per heavy atom. The molecule has 9 heteroatoms. The van der Waals surface area contributed by atoms with Crippen LogP contribution in [0.15, 0.2) is 77.9 Å². The summed E-state index contributed by atoms with van der Waals surface area (Å²) < 4.78 is 10.2. The summed E-state index contributed by atoms with van der Waals surface area (Å²) in [5, 5.41) is 3.00. The lowest BCUT2D eigenvalue weighted by Crippen LogP contribution is -2.43. The molecular weight excluding hydrogens is 430 g/mol. The van der Waals surface area contributed by atoms with Crippen LogP contribution in [0.1, 0.15) is 16.1 Å². The Balaban J connectivity index is 1.58. The number of para-hydroxylation sites is 1. The summed E-state index contributed by atoms with van der Waals surface area (Å²) in [6.45, 7) is 1.72. The molecule has 0 atom stereocenters. The van der Waals surface area contributed by atoms with Crippen LogP contribution in [0.5, 0.6) is 11.5 Å². The van der Waals surface area contributed by atoms with Gasteiger partial charge in [-0.25, -0.2) is 10.5 Å². The van der Waals surface area contributed by atoms with Gasteiger partial charge in [-0.3, -0.25) is 14.3 Å². The van der Waals surface area contributed by atoms with E-state index in [2.05, 4.69) is 5.32 Å². The third kappa shape index (κ3) is 4.08. The number of pyridine rings is 1. The molecule has 1 amide bonds. The molecule has 0 unspecified atom stereocenters. The van der Waals surface area contributed by atoms with E-state index in [9.17, 15) is 9.59 Å². The monoisotopic (exact) mass is 450 g/mol. The highest BCUT2D eigenvalue weighted by atomic mass is 35.5. The van der Waals surface area contributed by atoms with Crippen molar-refractivity contribution in [3.8, 4) is 17.2 Å². The van der Waals surface area contributed by atoms with Gasteiger partial charge in [0.2, 0.25) is 12.4 Å². The molecule has 4 aromatic rings. The molecule has 0 bridgehead atoms. The number of amides is 1. The van der Waals surface area contributed by atoms with Gasteiger partial charge in [-0.05, 0) is 31.2 Å². The van der Waals surface area contributed by atoms with Crippen LogP contribution in [0.2, 0.25) is 5.02 Å². The van der Waals surface area contributed by atoms with E-state index >= 15 is 0 Å². The van der Waals surface area contributed by atoms with Crippen molar-refractivity contribution >= 4 is 23.2 Å². The highest BCUT2D eigenvalue weighted by Crippen LogP contribution is 2.30. The fraction of sp³-hybridized carbons (Fsp3) is 0.0870. The second-order valence-corrected chi connectivity index (χ2v) is 7.52. The van der Waals surface area contributed by atoms with Crippen LogP contribution in [0.3, 0.4) is 0 Å². The minimum atomic E-state index is -0.538. The summed E-state index contributed by atoms with van der Waals surface area (Å²) in [5.41, 5.74) is 1.21. The maximum absolute atomic E-state index is 13.0. The number of aromatic nitrogens is 3. The van der Waals surface area contributed by atoms with Crippen LogP contribution < -0.4 is 26.1 Å². The lowest BCUT2D eigenvalue weighted by atomic mass is 10.2. The van der Waals surface area contributed by atoms with E-state index in [1.165, 1.54) is 9.36 Å². The van der Waals surface area contributed by atoms with Crippen LogP contribution in [0, 0.1) is 6.92 Å². The van der Waals surface area contributed by atoms with Crippen molar-refractivity contribution in [2.24, 2.45) is 7.05 Å². The van der Waals surface area contributed by atoms with Crippen LogP contribution >= 0.6 is 11.6 Å². The number of nitrogens with zero attached hydrogens (tertiary/aromatic N) is 3. The minimum Gasteiger partial charge on any atom is -0.457 e. The highest BCUT2D eigenvalue weighted by Gasteiger charge is 2.23. The van der Waals surface area contributed by atoms with Gasteiger partial charge in [0.15, 0.2) is 0 Å². The van der Waals surface area contributed by atoms with Crippen molar-refractivity contribution < 1.29 is 14.2 Å². The van der Waals surface area contributed by atoms with Gasteiger partial charge < -0.3 is 10.1 Å². The number of benzene rings is 2. The quantitative estimate of drug-likeness (QED) is 0.360. The fourth-order valence-corrected chi connectivity index (χ4v) is 3.52. The molecule has 0 radical (unpaired) electrons. The number of halogens is 1. The average molecular weight is 451 g/mol. The smallest absolute Gasteiger partial charge is 0.284 e. The standard InChI is InChI=1S/C23H20ClN5O3/c1-15-21(23(31)29(27(15)2)16-6-4-3-5-7-16)22(30)26-20-9-8-18(14-19(20)24)32-17-10-12-28(25)13-11-17/h3-14H,25H2,1-2H3/p+1. The number of carbonyl (C=O) groups excluding carboxylic acids is 1. The lowest BCUT2D eigenvalue weighted by molar-refractivity contribution is -0.638. The Morgan fingerprint density at radius 2 is 1.75 bits per heavy atom. The number of nitrogens with two attached hydrogens (primary N) is 1. The number of nitrogen functional groups attached to an aromatic ring is 1. The van der Waals surface area contributed by atoms with Crippen molar-refractivity contribution in [3.05, 3.63) is 99.7 Å². The van der Waals surface area contributed by atoms with Gasteiger partial charge in [0.05, 0.1) is 22.1 Å². The molecule has 0 aliphatic carbocycles. The van der Waals surface area contributed by atoms with Crippen molar-refractivity contribution in [1.82, 2.24) is 9.36 Å². The van der Waals surface area contributed by atoms with Crippen LogP contribution in [-0.4, -0.2) is 15.3 Å². The summed E-state index contributed by atoms with van der Waals surface area (Å²) in [7, 11) is 1.73. The molecule has 0 fully saturated rings. The highest BCUT2D eigenvalue weighted by molar-refractivity contribution is 6.34. The molecule has 2 aromatic heterocycles. The van der Waals surface area contributed by atoms with Crippen LogP contribution in [-0.2, 0) is 7.05 Å². The number of ether oxygens (including phenoxy) is 1. The summed E-state index contributed by atoms with van der Waals surface area (Å²) in [6, 6.07) is 17.4. The number of hydrogen-bond donors (Lipinski definition) is 2. The number of rotatable bonds is 5. The van der Waals surface area contributed by atoms with E-state index in [0.717, 1.165) is 0 Å². The first-order valence-electron chi connectivity index (χ1n) is 9.74. The van der Waals surface area contributed by atoms with E-state index in [-0.39, 0.29) is 10.6 Å². The number of nitrogens with one attached hydrogen (secondary N) is 1. The fourth-order valence-electron chi connectivity index (χ4n) is 3.30. The average Bonchev–Trinajstić information content (AvgIpc) is 3.00. The van der Waals surface area contributed by atoms with Crippen LogP contribution in [0.25, 0.3) is 5.69 Å². The zero-order valence-electron chi connectivity index (χ0n) is 17.4. The molecule has 4 rings (SSSR count). The molecule has 32 heavy (non-hydrogen) atoms. The Kier molecular flexibility index (Phi) is 5.70. The first-order valence-corrected chi connectivity index (χ1v) is 10.1. The second kappa shape index (κ2) is 8.60. The maximum atomic E-state index is 13.0. The third-order valence-corrected chi connectivity index (χ3v) is 5.34. The molecule has 3 N–H and O–H groups in total. The lowest BCUT2D eigenvalue weighted by Gasteiger charge is -2.09. The van der Waals surface area contributed by atoms with Gasteiger partial charge in [0.25, 0.3) is 11.5 Å². The largest absolute Gasteiger partial charge is 0.457 e. The van der Waals surface area contributed by atoms with E-state index in [1.54, 1.807) is 73.5 Å². The molecule has 0 spiro atoms. The molecule has 0 aliphatic heterocycles. The van der Waals surface area contributed by atoms with Crippen molar-refractivity contribution in [1.29, 1.82) is 0 Å². The minimum absolute atomic E-state index is 0.0483. The molecule has 0 aliphatic rings. The van der Waals surface area contributed by atoms with E-state index < -0.39 is 11.5 Å². The topological polar surface area (TPSA) is 95.2 Å². The maximum Gasteiger partial charge on any atom is 0.284 e. The normalized spacial score (nSPS) is 10.7. The summed E-state index contributed by atoms with van der Waals surface area (Å²) >= 11 is 6.36. The summed E-state index contributed by atoms with van der Waals surface area (Å²) in [5.74, 6) is 6.13. The molecule has 8 nitrogen and oxygen atoms in total. The zero-order valence-corrected chi connectivity index (χ0v) is 18.2. The van der Waals surface area contributed by atoms with Crippen LogP contribution in [0.4, 0.5) is 5.69 Å². The number of anilines is 1. The molecule has 2 heterocycles. The summed E-state index contributed by atoms with van der Waals surface area (Å²) in [6.07, 6.45) is 3.30. The van der Waals surface area contributed by atoms with Gasteiger partial charge in [0, 0.05) is 25.2 Å². The third-order valence-electron chi connectivity index (χ3n) is 5.03. The van der Waals surface area contributed by atoms with Crippen molar-refractivity contribution in [2.45, 2.75) is 6.92 Å². The second-order valence-electron chi connectivity index (χ2n) is 7.12. The summed E-state index contributed by atoms with van der Waals surface area (Å²) in [4.78, 5) is 26.0. The number of hydrogen-bond acceptors (Lipinski definition) is 4. The Morgan fingerprint density at radius 3 is 2.41 bits per heavy atom. The van der Waals surface area contributed by atoms with Crippen molar-refractivity contribution in [3.63, 3.8) is 0 Å². The molecule has 0 saturated heterocycles. The Bertz CT molecular complexity index is 1340. The molecule has 162 valence electrons. The molecule has 2 aromatic carbocycles. The van der Waals surface area contributed by atoms with Gasteiger partial charge >= 0.3 is 0 Å². The van der Waals surface area contributed by atoms with Crippen molar-refractivity contribution in [2.75, 3.05) is 11.2 Å². The predicted octanol–water partition coefficient (Wildman–Crippen LogP) is 3.18. The van der Waals surface area contributed by atoms with Gasteiger partial charge in [-0.2, -0.15) is 0 Å². The van der Waals surface area contributed by atoms with E-state index in [4.69, 9.17) is 22.2 Å². The van der Waals surface area contributed by atoms with Gasteiger partial charge in [-0.1, -0.05) is 34.5 Å². The zero-order chi connectivity index (χ0) is 22.8. The van der Waals surface area contributed by atoms with Gasteiger partial charge in [0.1, 0.15) is 17.1 Å². The first-order chi connectivity index (χ1) is 15.3. The Labute approximate surface area is 189 Å². The number of carbonyl (C=O) groups is 1. The predicted molar refractivity (Wildman–Crippen MR) is 122 cm³/mol. The molecular formula is C23H21ClN5O3+. The van der Waals surface area contributed by atoms with Gasteiger partial charge in [-0.15, -0.1) is 0 Å². The Hall–Kier alpha value is -4.04. The first kappa shape index (κ1) is 21.2.